The second-order valence-corrected chi connectivity index (χ2v) is 7.42. The van der Waals surface area contributed by atoms with Crippen molar-refractivity contribution in [1.29, 1.82) is 0 Å². The monoisotopic (exact) mass is 322 g/mol. The zero-order chi connectivity index (χ0) is 16.1. The van der Waals surface area contributed by atoms with Crippen molar-refractivity contribution >= 4 is 10.0 Å². The smallest absolute Gasteiger partial charge is 0.258 e. The lowest BCUT2D eigenvalue weighted by molar-refractivity contribution is 0.229. The fraction of sp³-hybridized carbons (Fsp3) is 0.429. The number of aromatic nitrogens is 2. The third-order valence-corrected chi connectivity index (χ3v) is 5.33. The van der Waals surface area contributed by atoms with E-state index in [1.165, 1.54) is 6.07 Å². The molecule has 1 aliphatic rings. The normalized spacial score (nSPS) is 17.3. The summed E-state index contributed by atoms with van der Waals surface area (Å²) >= 11 is 0. The summed E-state index contributed by atoms with van der Waals surface area (Å²) in [6, 6.07) is 3.25. The van der Waals surface area contributed by atoms with Gasteiger partial charge in [-0.2, -0.15) is 4.98 Å². The Kier molecular flexibility index (Phi) is 3.35. The van der Waals surface area contributed by atoms with E-state index in [-0.39, 0.29) is 10.8 Å². The van der Waals surface area contributed by atoms with Gasteiger partial charge in [-0.1, -0.05) is 5.16 Å². The first-order valence-corrected chi connectivity index (χ1v) is 8.53. The average Bonchev–Trinajstić information content (AvgIpc) is 2.87. The van der Waals surface area contributed by atoms with Gasteiger partial charge < -0.3 is 10.3 Å². The van der Waals surface area contributed by atoms with E-state index in [1.807, 2.05) is 0 Å². The summed E-state index contributed by atoms with van der Waals surface area (Å²) in [4.78, 5) is 4.39. The Bertz CT molecular complexity index is 838. The molecule has 0 saturated heterocycles. The molecule has 3 rings (SSSR count). The predicted octanol–water partition coefficient (Wildman–Crippen LogP) is 1.34. The number of nitrogens with two attached hydrogens (primary N) is 2. The van der Waals surface area contributed by atoms with Gasteiger partial charge in [-0.15, -0.1) is 0 Å². The Labute approximate surface area is 128 Å². The third-order valence-electron chi connectivity index (χ3n) is 4.29. The van der Waals surface area contributed by atoms with E-state index in [9.17, 15) is 8.42 Å². The van der Waals surface area contributed by atoms with E-state index in [0.29, 0.717) is 17.0 Å². The van der Waals surface area contributed by atoms with Crippen molar-refractivity contribution in [3.63, 3.8) is 0 Å². The van der Waals surface area contributed by atoms with Crippen LogP contribution in [0, 0.1) is 13.8 Å². The molecular formula is C14H18N4O3S. The van der Waals surface area contributed by atoms with E-state index in [1.54, 1.807) is 19.9 Å². The standard InChI is InChI=1S/C14H18N4O3S/c1-8-6-10(7-11(9(8)2)22(16,19)20)12-17-13(18-21-12)14(15)4-3-5-14/h6-7H,3-5,15H2,1-2H3,(H2,16,19,20). The van der Waals surface area contributed by atoms with E-state index in [4.69, 9.17) is 15.4 Å². The molecule has 0 unspecified atom stereocenters. The summed E-state index contributed by atoms with van der Waals surface area (Å²) in [5.74, 6) is 0.712. The molecule has 2 aromatic rings. The fourth-order valence-corrected chi connectivity index (χ4v) is 3.45. The number of aryl methyl sites for hydroxylation is 1. The number of benzene rings is 1. The van der Waals surface area contributed by atoms with Crippen LogP contribution in [0.3, 0.4) is 0 Å². The number of rotatable bonds is 3. The second-order valence-electron chi connectivity index (χ2n) is 5.89. The van der Waals surface area contributed by atoms with Crippen LogP contribution in [-0.2, 0) is 15.6 Å². The zero-order valence-corrected chi connectivity index (χ0v) is 13.3. The average molecular weight is 322 g/mol. The predicted molar refractivity (Wildman–Crippen MR) is 80.3 cm³/mol. The van der Waals surface area contributed by atoms with Crippen LogP contribution in [0.5, 0.6) is 0 Å². The minimum Gasteiger partial charge on any atom is -0.334 e. The summed E-state index contributed by atoms with van der Waals surface area (Å²) < 4.78 is 28.7. The van der Waals surface area contributed by atoms with Crippen LogP contribution in [0.2, 0.25) is 0 Å². The minimum atomic E-state index is -3.82. The Hall–Kier alpha value is -1.77. The summed E-state index contributed by atoms with van der Waals surface area (Å²) in [6.07, 6.45) is 2.68. The molecule has 118 valence electrons. The molecule has 0 aliphatic heterocycles. The van der Waals surface area contributed by atoms with Gasteiger partial charge in [0, 0.05) is 5.56 Å². The Morgan fingerprint density at radius 3 is 2.50 bits per heavy atom. The quantitative estimate of drug-likeness (QED) is 0.878. The first-order valence-electron chi connectivity index (χ1n) is 6.98. The van der Waals surface area contributed by atoms with Gasteiger partial charge in [0.2, 0.25) is 10.0 Å². The molecule has 0 bridgehead atoms. The molecule has 0 amide bonds. The molecule has 0 atom stereocenters. The molecule has 1 aliphatic carbocycles. The van der Waals surface area contributed by atoms with Gasteiger partial charge in [0.15, 0.2) is 5.82 Å². The van der Waals surface area contributed by atoms with Crippen molar-refractivity contribution < 1.29 is 12.9 Å². The maximum Gasteiger partial charge on any atom is 0.258 e. The second kappa shape index (κ2) is 4.87. The van der Waals surface area contributed by atoms with Gasteiger partial charge >= 0.3 is 0 Å². The molecule has 1 aromatic heterocycles. The molecule has 0 spiro atoms. The van der Waals surface area contributed by atoms with E-state index >= 15 is 0 Å². The number of hydrogen-bond acceptors (Lipinski definition) is 6. The van der Waals surface area contributed by atoms with Crippen LogP contribution in [0.4, 0.5) is 0 Å². The lowest BCUT2D eigenvalue weighted by Gasteiger charge is -2.34. The summed E-state index contributed by atoms with van der Waals surface area (Å²) in [5, 5.41) is 9.20. The lowest BCUT2D eigenvalue weighted by atomic mass is 9.77. The summed E-state index contributed by atoms with van der Waals surface area (Å²) in [5.41, 5.74) is 7.56. The highest BCUT2D eigenvalue weighted by Gasteiger charge is 2.39. The summed E-state index contributed by atoms with van der Waals surface area (Å²) in [6.45, 7) is 3.52. The van der Waals surface area contributed by atoms with Gasteiger partial charge in [-0.25, -0.2) is 13.6 Å². The van der Waals surface area contributed by atoms with Crippen LogP contribution >= 0.6 is 0 Å². The van der Waals surface area contributed by atoms with Gasteiger partial charge in [0.25, 0.3) is 5.89 Å². The van der Waals surface area contributed by atoms with Crippen LogP contribution in [0.1, 0.15) is 36.2 Å². The van der Waals surface area contributed by atoms with E-state index < -0.39 is 15.6 Å². The third kappa shape index (κ3) is 2.43. The van der Waals surface area contributed by atoms with Crippen LogP contribution < -0.4 is 10.9 Å². The van der Waals surface area contributed by atoms with Gasteiger partial charge in [0.05, 0.1) is 10.4 Å². The highest BCUT2D eigenvalue weighted by Crippen LogP contribution is 2.38. The molecule has 7 nitrogen and oxygen atoms in total. The molecule has 1 saturated carbocycles. The van der Waals surface area contributed by atoms with Crippen molar-refractivity contribution in [2.45, 2.75) is 43.5 Å². The highest BCUT2D eigenvalue weighted by atomic mass is 32.2. The molecule has 22 heavy (non-hydrogen) atoms. The number of hydrogen-bond donors (Lipinski definition) is 2. The number of nitrogens with zero attached hydrogens (tertiary/aromatic N) is 2. The van der Waals surface area contributed by atoms with Gasteiger partial charge in [0.1, 0.15) is 0 Å². The summed E-state index contributed by atoms with van der Waals surface area (Å²) in [7, 11) is -3.82. The molecule has 1 heterocycles. The van der Waals surface area contributed by atoms with Crippen molar-refractivity contribution in [2.24, 2.45) is 10.9 Å². The minimum absolute atomic E-state index is 0.0633. The number of primary sulfonamides is 1. The molecule has 1 aromatic carbocycles. The molecule has 4 N–H and O–H groups in total. The van der Waals surface area contributed by atoms with Crippen molar-refractivity contribution in [3.8, 4) is 11.5 Å². The fourth-order valence-electron chi connectivity index (χ4n) is 2.57. The SMILES string of the molecule is Cc1cc(-c2nc(C3(N)CCC3)no2)cc(S(N)(=O)=O)c1C. The highest BCUT2D eigenvalue weighted by molar-refractivity contribution is 7.89. The van der Waals surface area contributed by atoms with Gasteiger partial charge in [-0.3, -0.25) is 0 Å². The molecule has 0 radical (unpaired) electrons. The Balaban J connectivity index is 2.08. The maximum absolute atomic E-state index is 11.7. The van der Waals surface area contributed by atoms with Crippen LogP contribution in [0.15, 0.2) is 21.6 Å². The Morgan fingerprint density at radius 1 is 1.27 bits per heavy atom. The van der Waals surface area contributed by atoms with Crippen LogP contribution in [-0.4, -0.2) is 18.6 Å². The topological polar surface area (TPSA) is 125 Å². The van der Waals surface area contributed by atoms with Crippen LogP contribution in [0.25, 0.3) is 11.5 Å². The first kappa shape index (κ1) is 15.1. The molecule has 8 heteroatoms. The Morgan fingerprint density at radius 2 is 1.95 bits per heavy atom. The first-order chi connectivity index (χ1) is 10.2. The molecule has 1 fully saturated rings. The number of sulfonamides is 1. The van der Waals surface area contributed by atoms with Gasteiger partial charge in [-0.05, 0) is 56.4 Å². The van der Waals surface area contributed by atoms with Crippen molar-refractivity contribution in [2.75, 3.05) is 0 Å². The maximum atomic E-state index is 11.7. The van der Waals surface area contributed by atoms with Crippen molar-refractivity contribution in [1.82, 2.24) is 10.1 Å². The zero-order valence-electron chi connectivity index (χ0n) is 12.5. The van der Waals surface area contributed by atoms with E-state index in [0.717, 1.165) is 24.8 Å². The lowest BCUT2D eigenvalue weighted by Crippen LogP contribution is -2.44. The van der Waals surface area contributed by atoms with Crippen molar-refractivity contribution in [3.05, 3.63) is 29.1 Å². The largest absolute Gasteiger partial charge is 0.334 e. The van der Waals surface area contributed by atoms with E-state index in [2.05, 4.69) is 10.1 Å². The molecular weight excluding hydrogens is 304 g/mol.